The molecule has 1 nitrogen and oxygen atoms in total. The molecule has 0 spiro atoms. The van der Waals surface area contributed by atoms with Crippen molar-refractivity contribution in [3.8, 4) is 0 Å². The van der Waals surface area contributed by atoms with Gasteiger partial charge < -0.3 is 0 Å². The van der Waals surface area contributed by atoms with Crippen LogP contribution in [0.4, 0.5) is 0 Å². The Labute approximate surface area is 85.1 Å². The molecule has 0 aromatic heterocycles. The number of nitrogens with one attached hydrogen (secondary N) is 1. The molecule has 0 atom stereocenters. The minimum atomic E-state index is 0.630. The van der Waals surface area contributed by atoms with Crippen LogP contribution in [-0.2, 0) is 0 Å². The molecule has 0 aliphatic heterocycles. The molecule has 0 unspecified atom stereocenters. The Morgan fingerprint density at radius 1 is 1.15 bits per heavy atom. The van der Waals surface area contributed by atoms with Crippen molar-refractivity contribution in [2.75, 3.05) is 0 Å². The molecule has 1 rings (SSSR count). The van der Waals surface area contributed by atoms with E-state index in [1.807, 2.05) is 6.07 Å². The average molecular weight is 195 g/mol. The fourth-order valence-electron chi connectivity index (χ4n) is 1.10. The molecule has 0 amide bonds. The highest BCUT2D eigenvalue weighted by Crippen LogP contribution is 2.15. The van der Waals surface area contributed by atoms with Crippen LogP contribution in [-0.4, -0.2) is 6.04 Å². The number of hydrogen-bond donors (Lipinski definition) is 1. The zero-order valence-electron chi connectivity index (χ0n) is 8.29. The van der Waals surface area contributed by atoms with Gasteiger partial charge in [0, 0.05) is 10.9 Å². The minimum Gasteiger partial charge on any atom is -0.257 e. The second-order valence-corrected chi connectivity index (χ2v) is 3.96. The van der Waals surface area contributed by atoms with E-state index in [9.17, 15) is 0 Å². The van der Waals surface area contributed by atoms with Crippen LogP contribution in [0, 0.1) is 0 Å². The van der Waals surface area contributed by atoms with E-state index >= 15 is 0 Å². The second-order valence-electron chi connectivity index (χ2n) is 3.05. The maximum absolute atomic E-state index is 3.45. The molecule has 0 bridgehead atoms. The molecular weight excluding hydrogens is 178 g/mol. The van der Waals surface area contributed by atoms with Crippen molar-refractivity contribution < 1.29 is 0 Å². The molecule has 0 radical (unpaired) electrons. The van der Waals surface area contributed by atoms with E-state index in [0.717, 1.165) is 0 Å². The highest BCUT2D eigenvalue weighted by atomic mass is 32.2. The third-order valence-corrected chi connectivity index (χ3v) is 3.03. The maximum Gasteiger partial charge on any atom is 0.0228 e. The smallest absolute Gasteiger partial charge is 0.0228 e. The minimum absolute atomic E-state index is 0.630. The highest BCUT2D eigenvalue weighted by molar-refractivity contribution is 7.97. The first-order valence-corrected chi connectivity index (χ1v) is 5.65. The molecular formula is C11H17NS. The number of hydrogen-bond acceptors (Lipinski definition) is 2. The Morgan fingerprint density at radius 2 is 1.77 bits per heavy atom. The van der Waals surface area contributed by atoms with Gasteiger partial charge in [0.1, 0.15) is 0 Å². The fourth-order valence-corrected chi connectivity index (χ4v) is 2.02. The van der Waals surface area contributed by atoms with Crippen molar-refractivity contribution in [1.29, 1.82) is 0 Å². The lowest BCUT2D eigenvalue weighted by Crippen LogP contribution is -2.20. The summed E-state index contributed by atoms with van der Waals surface area (Å²) in [6, 6.07) is 11.1. The summed E-state index contributed by atoms with van der Waals surface area (Å²) < 4.78 is 3.45. The maximum atomic E-state index is 3.45. The fraction of sp³-hybridized carbons (Fsp3) is 0.455. The van der Waals surface area contributed by atoms with Crippen LogP contribution in [0.5, 0.6) is 0 Å². The van der Waals surface area contributed by atoms with Crippen molar-refractivity contribution in [3.63, 3.8) is 0 Å². The molecule has 1 aromatic rings. The monoisotopic (exact) mass is 195 g/mol. The van der Waals surface area contributed by atoms with E-state index in [-0.39, 0.29) is 0 Å². The van der Waals surface area contributed by atoms with Crippen LogP contribution in [0.1, 0.15) is 26.7 Å². The lowest BCUT2D eigenvalue weighted by molar-refractivity contribution is 0.591. The van der Waals surface area contributed by atoms with Gasteiger partial charge in [-0.15, -0.1) is 0 Å². The van der Waals surface area contributed by atoms with Crippen molar-refractivity contribution in [3.05, 3.63) is 30.3 Å². The molecule has 1 aromatic carbocycles. The Kier molecular flexibility index (Phi) is 4.94. The standard InChI is InChI=1S/C11H17NS/c1-3-10(4-2)12-13-11-8-6-5-7-9-11/h5-10,12H,3-4H2,1-2H3. The quantitative estimate of drug-likeness (QED) is 0.722. The molecule has 0 aliphatic rings. The van der Waals surface area contributed by atoms with Crippen LogP contribution < -0.4 is 4.72 Å². The van der Waals surface area contributed by atoms with Gasteiger partial charge in [0.25, 0.3) is 0 Å². The highest BCUT2D eigenvalue weighted by Gasteiger charge is 2.01. The van der Waals surface area contributed by atoms with Gasteiger partial charge in [0.05, 0.1) is 0 Å². The summed E-state index contributed by atoms with van der Waals surface area (Å²) in [4.78, 5) is 1.29. The van der Waals surface area contributed by atoms with Crippen LogP contribution in [0.25, 0.3) is 0 Å². The predicted molar refractivity (Wildman–Crippen MR) is 59.8 cm³/mol. The normalized spacial score (nSPS) is 10.7. The Morgan fingerprint density at radius 3 is 2.31 bits per heavy atom. The topological polar surface area (TPSA) is 12.0 Å². The second kappa shape index (κ2) is 6.06. The van der Waals surface area contributed by atoms with Crippen LogP contribution in [0.15, 0.2) is 35.2 Å². The molecule has 0 fully saturated rings. The van der Waals surface area contributed by atoms with E-state index in [4.69, 9.17) is 0 Å². The van der Waals surface area contributed by atoms with Crippen molar-refractivity contribution in [1.82, 2.24) is 4.72 Å². The zero-order chi connectivity index (χ0) is 9.52. The first-order valence-electron chi connectivity index (χ1n) is 4.84. The molecule has 72 valence electrons. The summed E-state index contributed by atoms with van der Waals surface area (Å²) in [5.41, 5.74) is 0. The number of benzene rings is 1. The Balaban J connectivity index is 2.34. The third kappa shape index (κ3) is 3.83. The van der Waals surface area contributed by atoms with Crippen molar-refractivity contribution in [2.24, 2.45) is 0 Å². The SMILES string of the molecule is CCC(CC)NSc1ccccc1. The van der Waals surface area contributed by atoms with E-state index in [1.165, 1.54) is 17.7 Å². The van der Waals surface area contributed by atoms with Crippen molar-refractivity contribution >= 4 is 11.9 Å². The van der Waals surface area contributed by atoms with Gasteiger partial charge in [0.15, 0.2) is 0 Å². The lowest BCUT2D eigenvalue weighted by Gasteiger charge is -2.13. The van der Waals surface area contributed by atoms with Gasteiger partial charge in [-0.3, -0.25) is 4.72 Å². The van der Waals surface area contributed by atoms with Crippen LogP contribution in [0.3, 0.4) is 0 Å². The summed E-state index contributed by atoms with van der Waals surface area (Å²) in [6.45, 7) is 4.43. The van der Waals surface area contributed by atoms with Crippen LogP contribution in [0.2, 0.25) is 0 Å². The summed E-state index contributed by atoms with van der Waals surface area (Å²) in [6.07, 6.45) is 2.38. The molecule has 0 aliphatic carbocycles. The van der Waals surface area contributed by atoms with E-state index < -0.39 is 0 Å². The first-order chi connectivity index (χ1) is 6.36. The van der Waals surface area contributed by atoms with Gasteiger partial charge in [-0.1, -0.05) is 32.0 Å². The van der Waals surface area contributed by atoms with E-state index in [1.54, 1.807) is 11.9 Å². The Bertz CT molecular complexity index is 219. The zero-order valence-corrected chi connectivity index (χ0v) is 9.10. The van der Waals surface area contributed by atoms with Gasteiger partial charge in [-0.25, -0.2) is 0 Å². The molecule has 0 saturated heterocycles. The van der Waals surface area contributed by atoms with Gasteiger partial charge >= 0.3 is 0 Å². The summed E-state index contributed by atoms with van der Waals surface area (Å²) in [5, 5.41) is 0. The Hall–Kier alpha value is -0.470. The van der Waals surface area contributed by atoms with Gasteiger partial charge in [-0.05, 0) is 36.9 Å². The molecule has 0 heterocycles. The first kappa shape index (κ1) is 10.6. The summed E-state index contributed by atoms with van der Waals surface area (Å²) >= 11 is 1.73. The van der Waals surface area contributed by atoms with Crippen molar-refractivity contribution in [2.45, 2.75) is 37.6 Å². The van der Waals surface area contributed by atoms with E-state index in [2.05, 4.69) is 42.8 Å². The summed E-state index contributed by atoms with van der Waals surface area (Å²) in [5.74, 6) is 0. The summed E-state index contributed by atoms with van der Waals surface area (Å²) in [7, 11) is 0. The van der Waals surface area contributed by atoms with Gasteiger partial charge in [0.2, 0.25) is 0 Å². The lowest BCUT2D eigenvalue weighted by atomic mass is 10.2. The molecule has 1 N–H and O–H groups in total. The number of rotatable bonds is 5. The average Bonchev–Trinajstić information content (AvgIpc) is 2.21. The third-order valence-electron chi connectivity index (χ3n) is 2.07. The van der Waals surface area contributed by atoms with E-state index in [0.29, 0.717) is 6.04 Å². The molecule has 0 saturated carbocycles. The van der Waals surface area contributed by atoms with Gasteiger partial charge in [-0.2, -0.15) is 0 Å². The van der Waals surface area contributed by atoms with Crippen LogP contribution >= 0.6 is 11.9 Å². The largest absolute Gasteiger partial charge is 0.257 e. The molecule has 13 heavy (non-hydrogen) atoms. The molecule has 2 heteroatoms. The predicted octanol–water partition coefficient (Wildman–Crippen LogP) is 3.47.